The summed E-state index contributed by atoms with van der Waals surface area (Å²) in [6, 6.07) is 10.6. The molecule has 0 aliphatic heterocycles. The summed E-state index contributed by atoms with van der Waals surface area (Å²) < 4.78 is 3.08. The number of fused-ring (bicyclic) bond motifs is 1. The molecule has 1 heterocycles. The highest BCUT2D eigenvalue weighted by Gasteiger charge is 2.09. The number of amides is 1. The van der Waals surface area contributed by atoms with Crippen molar-refractivity contribution in [1.82, 2.24) is 14.6 Å². The molecular formula is C17H15N5O4. The number of carbonyl (C=O) groups is 1. The highest BCUT2D eigenvalue weighted by Crippen LogP contribution is 2.13. The maximum Gasteiger partial charge on any atom is 0.328 e. The third-order valence-electron chi connectivity index (χ3n) is 4.02. The quantitative estimate of drug-likeness (QED) is 0.436. The second-order valence-electron chi connectivity index (χ2n) is 5.65. The Morgan fingerprint density at radius 3 is 2.42 bits per heavy atom. The predicted octanol–water partition coefficient (Wildman–Crippen LogP) is 1.55. The Morgan fingerprint density at radius 1 is 1.12 bits per heavy atom. The predicted molar refractivity (Wildman–Crippen MR) is 96.3 cm³/mol. The summed E-state index contributed by atoms with van der Waals surface area (Å²) in [5.74, 6) is -0.482. The highest BCUT2D eigenvalue weighted by atomic mass is 16.6. The number of nitro groups is 1. The van der Waals surface area contributed by atoms with Crippen LogP contribution in [0.3, 0.4) is 0 Å². The zero-order valence-electron chi connectivity index (χ0n) is 14.0. The standard InChI is InChI=1S/C17H15N5O4/c1-20-14-8-3-11(9-15(14)21(2)17(20)24)10-18-19-16(23)12-4-6-13(7-5-12)22(25)26/h3-10H,1-2H3,(H,19,23)/b18-10-. The number of carbonyl (C=O) groups excluding carboxylic acids is 1. The van der Waals surface area contributed by atoms with Crippen LogP contribution >= 0.6 is 0 Å². The molecule has 3 rings (SSSR count). The third-order valence-corrected chi connectivity index (χ3v) is 4.02. The van der Waals surface area contributed by atoms with E-state index in [0.717, 1.165) is 11.0 Å². The summed E-state index contributed by atoms with van der Waals surface area (Å²) in [7, 11) is 3.38. The van der Waals surface area contributed by atoms with Crippen LogP contribution in [0.1, 0.15) is 15.9 Å². The van der Waals surface area contributed by atoms with Gasteiger partial charge in [-0.25, -0.2) is 10.2 Å². The topological polar surface area (TPSA) is 112 Å². The fraction of sp³-hybridized carbons (Fsp3) is 0.118. The summed E-state index contributed by atoms with van der Waals surface area (Å²) in [5, 5.41) is 14.5. The monoisotopic (exact) mass is 353 g/mol. The number of aromatic nitrogens is 2. The molecule has 0 atom stereocenters. The first-order valence-corrected chi connectivity index (χ1v) is 7.62. The van der Waals surface area contributed by atoms with Crippen molar-refractivity contribution in [1.29, 1.82) is 0 Å². The Balaban J connectivity index is 1.74. The molecule has 9 nitrogen and oxygen atoms in total. The second-order valence-corrected chi connectivity index (χ2v) is 5.65. The Kier molecular flexibility index (Phi) is 4.36. The molecule has 0 aliphatic rings. The van der Waals surface area contributed by atoms with E-state index in [2.05, 4.69) is 10.5 Å². The number of aryl methyl sites for hydroxylation is 2. The van der Waals surface area contributed by atoms with Crippen molar-refractivity contribution in [3.63, 3.8) is 0 Å². The number of hydrogen-bond donors (Lipinski definition) is 1. The van der Waals surface area contributed by atoms with Gasteiger partial charge in [0.25, 0.3) is 11.6 Å². The van der Waals surface area contributed by atoms with E-state index < -0.39 is 10.8 Å². The molecule has 9 heteroatoms. The van der Waals surface area contributed by atoms with Crippen LogP contribution < -0.4 is 11.1 Å². The molecule has 0 bridgehead atoms. The number of hydrogen-bond acceptors (Lipinski definition) is 5. The van der Waals surface area contributed by atoms with Crippen molar-refractivity contribution in [2.75, 3.05) is 0 Å². The van der Waals surface area contributed by atoms with Gasteiger partial charge in [-0.2, -0.15) is 5.10 Å². The number of nitrogens with zero attached hydrogens (tertiary/aromatic N) is 4. The lowest BCUT2D eigenvalue weighted by Gasteiger charge is -2.00. The SMILES string of the molecule is Cn1c(=O)n(C)c2cc(/C=N\NC(=O)c3ccc([N+](=O)[O-])cc3)ccc21. The fourth-order valence-electron chi connectivity index (χ4n) is 2.57. The number of hydrazone groups is 1. The Morgan fingerprint density at radius 2 is 1.77 bits per heavy atom. The molecule has 0 saturated heterocycles. The van der Waals surface area contributed by atoms with E-state index in [1.165, 1.54) is 35.0 Å². The van der Waals surface area contributed by atoms with Crippen LogP contribution in [-0.4, -0.2) is 26.2 Å². The number of imidazole rings is 1. The van der Waals surface area contributed by atoms with E-state index >= 15 is 0 Å². The molecule has 26 heavy (non-hydrogen) atoms. The number of benzene rings is 2. The molecule has 1 N–H and O–H groups in total. The Hall–Kier alpha value is -3.75. The summed E-state index contributed by atoms with van der Waals surface area (Å²) in [6.45, 7) is 0. The zero-order valence-corrected chi connectivity index (χ0v) is 14.0. The van der Waals surface area contributed by atoms with Crippen molar-refractivity contribution in [3.05, 3.63) is 74.2 Å². The van der Waals surface area contributed by atoms with Crippen molar-refractivity contribution >= 4 is 28.8 Å². The summed E-state index contributed by atoms with van der Waals surface area (Å²) >= 11 is 0. The smallest absolute Gasteiger partial charge is 0.295 e. The van der Waals surface area contributed by atoms with Crippen molar-refractivity contribution < 1.29 is 9.72 Å². The number of nitrogens with one attached hydrogen (secondary N) is 1. The summed E-state index contributed by atoms with van der Waals surface area (Å²) in [4.78, 5) is 34.0. The minimum absolute atomic E-state index is 0.0909. The van der Waals surface area contributed by atoms with E-state index in [4.69, 9.17) is 0 Å². The maximum absolute atomic E-state index is 12.0. The average molecular weight is 353 g/mol. The van der Waals surface area contributed by atoms with Gasteiger partial charge in [0.15, 0.2) is 0 Å². The molecule has 0 spiro atoms. The van der Waals surface area contributed by atoms with Gasteiger partial charge in [-0.3, -0.25) is 24.0 Å². The normalized spacial score (nSPS) is 11.2. The molecular weight excluding hydrogens is 338 g/mol. The first-order chi connectivity index (χ1) is 12.4. The Bertz CT molecular complexity index is 1090. The number of rotatable bonds is 4. The minimum Gasteiger partial charge on any atom is -0.295 e. The molecule has 0 aliphatic carbocycles. The lowest BCUT2D eigenvalue weighted by molar-refractivity contribution is -0.384. The van der Waals surface area contributed by atoms with Gasteiger partial charge in [-0.05, 0) is 29.8 Å². The molecule has 1 amide bonds. The van der Waals surface area contributed by atoms with Crippen LogP contribution in [0.4, 0.5) is 5.69 Å². The van der Waals surface area contributed by atoms with Crippen molar-refractivity contribution in [2.45, 2.75) is 0 Å². The molecule has 0 unspecified atom stereocenters. The van der Waals surface area contributed by atoms with Gasteiger partial charge in [-0.1, -0.05) is 6.07 Å². The lowest BCUT2D eigenvalue weighted by Crippen LogP contribution is -2.19. The van der Waals surface area contributed by atoms with Crippen molar-refractivity contribution in [2.24, 2.45) is 19.2 Å². The Labute approximate surface area is 147 Å². The number of non-ortho nitro benzene ring substituents is 1. The van der Waals surface area contributed by atoms with Crippen LogP contribution in [0.25, 0.3) is 11.0 Å². The largest absolute Gasteiger partial charge is 0.328 e. The van der Waals surface area contributed by atoms with Gasteiger partial charge < -0.3 is 0 Å². The van der Waals surface area contributed by atoms with Gasteiger partial charge >= 0.3 is 5.69 Å². The van der Waals surface area contributed by atoms with Crippen molar-refractivity contribution in [3.8, 4) is 0 Å². The summed E-state index contributed by atoms with van der Waals surface area (Å²) in [6.07, 6.45) is 1.46. The molecule has 3 aromatic rings. The van der Waals surface area contributed by atoms with Crippen LogP contribution in [0.5, 0.6) is 0 Å². The zero-order chi connectivity index (χ0) is 18.8. The van der Waals surface area contributed by atoms with Gasteiger partial charge in [0, 0.05) is 31.8 Å². The van der Waals surface area contributed by atoms with E-state index in [-0.39, 0.29) is 16.9 Å². The maximum atomic E-state index is 12.0. The molecule has 0 radical (unpaired) electrons. The van der Waals surface area contributed by atoms with Gasteiger partial charge in [-0.15, -0.1) is 0 Å². The lowest BCUT2D eigenvalue weighted by atomic mass is 10.2. The van der Waals surface area contributed by atoms with Gasteiger partial charge in [0.2, 0.25) is 0 Å². The van der Waals surface area contributed by atoms with Crippen LogP contribution in [0.15, 0.2) is 52.4 Å². The van der Waals surface area contributed by atoms with Crippen LogP contribution in [0, 0.1) is 10.1 Å². The first kappa shape index (κ1) is 17.1. The van der Waals surface area contributed by atoms with E-state index in [0.29, 0.717) is 5.56 Å². The van der Waals surface area contributed by atoms with Gasteiger partial charge in [0.05, 0.1) is 22.2 Å². The van der Waals surface area contributed by atoms with E-state index in [1.807, 2.05) is 0 Å². The third kappa shape index (κ3) is 3.09. The van der Waals surface area contributed by atoms with Gasteiger partial charge in [0.1, 0.15) is 0 Å². The van der Waals surface area contributed by atoms with E-state index in [1.54, 1.807) is 36.9 Å². The number of nitro benzene ring substituents is 1. The van der Waals surface area contributed by atoms with E-state index in [9.17, 15) is 19.7 Å². The molecule has 0 saturated carbocycles. The first-order valence-electron chi connectivity index (χ1n) is 7.62. The van der Waals surface area contributed by atoms with Crippen LogP contribution in [0.2, 0.25) is 0 Å². The fourth-order valence-corrected chi connectivity index (χ4v) is 2.57. The molecule has 0 fully saturated rings. The minimum atomic E-state index is -0.535. The second kappa shape index (κ2) is 6.63. The van der Waals surface area contributed by atoms with Crippen LogP contribution in [-0.2, 0) is 14.1 Å². The molecule has 2 aromatic carbocycles. The molecule has 132 valence electrons. The molecule has 1 aromatic heterocycles. The highest BCUT2D eigenvalue weighted by molar-refractivity contribution is 5.95. The average Bonchev–Trinajstić information content (AvgIpc) is 2.86. The summed E-state index contributed by atoms with van der Waals surface area (Å²) in [5.41, 5.74) is 4.66.